The van der Waals surface area contributed by atoms with Crippen molar-refractivity contribution >= 4 is 23.3 Å². The zero-order chi connectivity index (χ0) is 22.7. The average Bonchev–Trinajstić information content (AvgIpc) is 3.12. The number of pyridine rings is 2. The average molecular weight is 434 g/mol. The summed E-state index contributed by atoms with van der Waals surface area (Å²) in [6, 6.07) is 9.36. The summed E-state index contributed by atoms with van der Waals surface area (Å²) >= 11 is 0. The summed E-state index contributed by atoms with van der Waals surface area (Å²) in [6.45, 7) is 5.82. The fourth-order valence-corrected chi connectivity index (χ4v) is 3.81. The molecular formula is C23H27N7O2. The quantitative estimate of drug-likeness (QED) is 0.615. The summed E-state index contributed by atoms with van der Waals surface area (Å²) in [5, 5.41) is 7.49. The SMILES string of the molecule is Cc1cc(C)n(CCCN(C)C(=O)c2cnc3c(c2)N(Cc2ccccn2)C(=O)CN3)n1. The van der Waals surface area contributed by atoms with Crippen molar-refractivity contribution in [3.05, 3.63) is 65.4 Å². The molecule has 166 valence electrons. The van der Waals surface area contributed by atoms with Crippen LogP contribution in [0.25, 0.3) is 0 Å². The lowest BCUT2D eigenvalue weighted by Crippen LogP contribution is -2.40. The smallest absolute Gasteiger partial charge is 0.255 e. The fourth-order valence-electron chi connectivity index (χ4n) is 3.81. The second-order valence-electron chi connectivity index (χ2n) is 7.98. The molecule has 9 heteroatoms. The van der Waals surface area contributed by atoms with Crippen molar-refractivity contribution in [2.45, 2.75) is 33.4 Å². The highest BCUT2D eigenvalue weighted by molar-refractivity contribution is 6.03. The normalized spacial score (nSPS) is 13.0. The highest BCUT2D eigenvalue weighted by Crippen LogP contribution is 2.30. The minimum Gasteiger partial charge on any atom is -0.359 e. The molecule has 0 radical (unpaired) electrons. The van der Waals surface area contributed by atoms with Crippen molar-refractivity contribution in [3.8, 4) is 0 Å². The molecule has 0 spiro atoms. The maximum absolute atomic E-state index is 13.0. The van der Waals surface area contributed by atoms with Crippen LogP contribution in [0.5, 0.6) is 0 Å². The Labute approximate surface area is 187 Å². The van der Waals surface area contributed by atoms with Gasteiger partial charge in [0.15, 0.2) is 5.82 Å². The van der Waals surface area contributed by atoms with E-state index in [4.69, 9.17) is 0 Å². The Hall–Kier alpha value is -3.75. The zero-order valence-electron chi connectivity index (χ0n) is 18.6. The van der Waals surface area contributed by atoms with E-state index in [1.54, 1.807) is 35.3 Å². The number of nitrogens with zero attached hydrogens (tertiary/aromatic N) is 6. The standard InChI is InChI=1S/C23H27N7O2/c1-16-11-17(2)30(27-16)10-6-9-28(3)23(32)18-12-20-22(25-13-18)26-14-21(31)29(20)15-19-7-4-5-8-24-19/h4-5,7-8,11-13H,6,9-10,14-15H2,1-3H3,(H,25,26). The molecule has 0 saturated heterocycles. The van der Waals surface area contributed by atoms with Gasteiger partial charge in [-0.1, -0.05) is 6.07 Å². The molecular weight excluding hydrogens is 406 g/mol. The third-order valence-electron chi connectivity index (χ3n) is 5.47. The molecule has 0 aliphatic carbocycles. The molecule has 1 aliphatic heterocycles. The second kappa shape index (κ2) is 9.17. The minimum atomic E-state index is -0.135. The summed E-state index contributed by atoms with van der Waals surface area (Å²) in [7, 11) is 1.78. The lowest BCUT2D eigenvalue weighted by Gasteiger charge is -2.29. The van der Waals surface area contributed by atoms with Gasteiger partial charge in [-0.15, -0.1) is 0 Å². The number of aryl methyl sites for hydroxylation is 3. The van der Waals surface area contributed by atoms with Crippen molar-refractivity contribution in [3.63, 3.8) is 0 Å². The predicted molar refractivity (Wildman–Crippen MR) is 121 cm³/mol. The van der Waals surface area contributed by atoms with Gasteiger partial charge in [0.2, 0.25) is 5.91 Å². The van der Waals surface area contributed by atoms with Crippen molar-refractivity contribution < 1.29 is 9.59 Å². The largest absolute Gasteiger partial charge is 0.359 e. The first-order valence-electron chi connectivity index (χ1n) is 10.6. The van der Waals surface area contributed by atoms with Gasteiger partial charge in [0.05, 0.1) is 35.7 Å². The van der Waals surface area contributed by atoms with Crippen molar-refractivity contribution in [1.29, 1.82) is 0 Å². The monoisotopic (exact) mass is 433 g/mol. The van der Waals surface area contributed by atoms with Gasteiger partial charge in [0.1, 0.15) is 0 Å². The topological polar surface area (TPSA) is 96.3 Å². The third kappa shape index (κ3) is 4.61. The van der Waals surface area contributed by atoms with Crippen molar-refractivity contribution in [1.82, 2.24) is 24.6 Å². The first-order valence-corrected chi connectivity index (χ1v) is 10.6. The van der Waals surface area contributed by atoms with Crippen LogP contribution in [0.2, 0.25) is 0 Å². The molecule has 4 rings (SSSR count). The molecule has 1 N–H and O–H groups in total. The number of anilines is 2. The van der Waals surface area contributed by atoms with Crippen LogP contribution in [0.4, 0.5) is 11.5 Å². The Bertz CT molecular complexity index is 1130. The number of hydrogen-bond acceptors (Lipinski definition) is 6. The Balaban J connectivity index is 1.46. The molecule has 0 aromatic carbocycles. The number of amides is 2. The lowest BCUT2D eigenvalue weighted by atomic mass is 10.1. The first kappa shape index (κ1) is 21.5. The summed E-state index contributed by atoms with van der Waals surface area (Å²) in [5.41, 5.74) is 3.91. The van der Waals surface area contributed by atoms with E-state index in [0.717, 1.165) is 30.0 Å². The molecule has 3 aromatic rings. The Morgan fingerprint density at radius 2 is 2.06 bits per heavy atom. The van der Waals surface area contributed by atoms with Gasteiger partial charge in [-0.05, 0) is 44.5 Å². The molecule has 4 heterocycles. The van der Waals surface area contributed by atoms with Gasteiger partial charge in [0.25, 0.3) is 5.91 Å². The number of carbonyl (C=O) groups excluding carboxylic acids is 2. The number of carbonyl (C=O) groups is 2. The second-order valence-corrected chi connectivity index (χ2v) is 7.98. The van der Waals surface area contributed by atoms with E-state index in [1.807, 2.05) is 42.8 Å². The number of hydrogen-bond donors (Lipinski definition) is 1. The van der Waals surface area contributed by atoms with Gasteiger partial charge in [0, 0.05) is 38.2 Å². The first-order chi connectivity index (χ1) is 15.4. The maximum atomic E-state index is 13.0. The van der Waals surface area contributed by atoms with E-state index in [2.05, 4.69) is 20.4 Å². The number of rotatable bonds is 7. The Morgan fingerprint density at radius 1 is 1.22 bits per heavy atom. The lowest BCUT2D eigenvalue weighted by molar-refractivity contribution is -0.117. The molecule has 0 saturated carbocycles. The van der Waals surface area contributed by atoms with Gasteiger partial charge in [-0.3, -0.25) is 19.3 Å². The Kier molecular flexibility index (Phi) is 6.16. The van der Waals surface area contributed by atoms with Crippen LogP contribution in [0, 0.1) is 13.8 Å². The molecule has 32 heavy (non-hydrogen) atoms. The van der Waals surface area contributed by atoms with Gasteiger partial charge in [-0.25, -0.2) is 4.98 Å². The molecule has 2 amide bonds. The van der Waals surface area contributed by atoms with Crippen LogP contribution >= 0.6 is 0 Å². The maximum Gasteiger partial charge on any atom is 0.255 e. The molecule has 0 atom stereocenters. The predicted octanol–water partition coefficient (Wildman–Crippen LogP) is 2.41. The van der Waals surface area contributed by atoms with E-state index in [-0.39, 0.29) is 18.4 Å². The Morgan fingerprint density at radius 3 is 2.78 bits per heavy atom. The van der Waals surface area contributed by atoms with E-state index < -0.39 is 0 Å². The van der Waals surface area contributed by atoms with Crippen LogP contribution in [0.3, 0.4) is 0 Å². The van der Waals surface area contributed by atoms with Crippen LogP contribution in [-0.4, -0.2) is 56.6 Å². The van der Waals surface area contributed by atoms with E-state index >= 15 is 0 Å². The number of nitrogens with one attached hydrogen (secondary N) is 1. The summed E-state index contributed by atoms with van der Waals surface area (Å²) in [6.07, 6.45) is 4.04. The van der Waals surface area contributed by atoms with Crippen molar-refractivity contribution in [2.75, 3.05) is 30.4 Å². The van der Waals surface area contributed by atoms with E-state index in [1.165, 1.54) is 0 Å². The number of aromatic nitrogens is 4. The van der Waals surface area contributed by atoms with Crippen LogP contribution in [0.1, 0.15) is 33.9 Å². The zero-order valence-corrected chi connectivity index (χ0v) is 18.6. The molecule has 1 aliphatic rings. The van der Waals surface area contributed by atoms with Gasteiger partial charge < -0.3 is 15.1 Å². The summed E-state index contributed by atoms with van der Waals surface area (Å²) in [4.78, 5) is 37.6. The van der Waals surface area contributed by atoms with Crippen molar-refractivity contribution in [2.24, 2.45) is 0 Å². The minimum absolute atomic E-state index is 0.0900. The molecule has 0 unspecified atom stereocenters. The number of fused-ring (bicyclic) bond motifs is 1. The molecule has 9 nitrogen and oxygen atoms in total. The van der Waals surface area contributed by atoms with E-state index in [0.29, 0.717) is 30.2 Å². The summed E-state index contributed by atoms with van der Waals surface area (Å²) in [5.74, 6) is 0.363. The third-order valence-corrected chi connectivity index (χ3v) is 5.47. The van der Waals surface area contributed by atoms with Crippen LogP contribution in [0.15, 0.2) is 42.7 Å². The van der Waals surface area contributed by atoms with Crippen LogP contribution < -0.4 is 10.2 Å². The highest BCUT2D eigenvalue weighted by atomic mass is 16.2. The fraction of sp³-hybridized carbons (Fsp3) is 0.348. The van der Waals surface area contributed by atoms with Gasteiger partial charge >= 0.3 is 0 Å². The van der Waals surface area contributed by atoms with E-state index in [9.17, 15) is 9.59 Å². The molecule has 0 fully saturated rings. The van der Waals surface area contributed by atoms with Crippen LogP contribution in [-0.2, 0) is 17.9 Å². The highest BCUT2D eigenvalue weighted by Gasteiger charge is 2.27. The molecule has 0 bridgehead atoms. The molecule has 3 aromatic heterocycles. The summed E-state index contributed by atoms with van der Waals surface area (Å²) < 4.78 is 1.96. The van der Waals surface area contributed by atoms with Gasteiger partial charge in [-0.2, -0.15) is 5.10 Å².